The standard InChI is InChI=1S/C21H22BrNO4/c1-4-10-27-21(25)18-12(2)23-15-6-5-7-16(24)20(15)19(18)13-8-9-17(26-3)14(22)11-13/h4,8-9,11,18-19H,1,5-7,10H2,2-3H3/t18?,19-/m0/s1. The van der Waals surface area contributed by atoms with Crippen molar-refractivity contribution in [1.29, 1.82) is 0 Å². The molecule has 0 radical (unpaired) electrons. The first-order chi connectivity index (χ1) is 13.0. The highest BCUT2D eigenvalue weighted by molar-refractivity contribution is 9.10. The van der Waals surface area contributed by atoms with E-state index in [1.165, 1.54) is 6.08 Å². The zero-order valence-corrected chi connectivity index (χ0v) is 17.0. The number of ketones is 1. The van der Waals surface area contributed by atoms with E-state index in [-0.39, 0.29) is 12.4 Å². The number of allylic oxidation sites excluding steroid dienone is 2. The summed E-state index contributed by atoms with van der Waals surface area (Å²) in [4.78, 5) is 30.2. The Labute approximate surface area is 167 Å². The third-order valence-electron chi connectivity index (χ3n) is 4.97. The molecule has 0 amide bonds. The van der Waals surface area contributed by atoms with Crippen LogP contribution in [0.2, 0.25) is 0 Å². The second-order valence-corrected chi connectivity index (χ2v) is 7.51. The van der Waals surface area contributed by atoms with Crippen LogP contribution in [0.25, 0.3) is 0 Å². The molecule has 142 valence electrons. The summed E-state index contributed by atoms with van der Waals surface area (Å²) < 4.78 is 11.4. The van der Waals surface area contributed by atoms with Gasteiger partial charge in [0, 0.05) is 29.3 Å². The first-order valence-electron chi connectivity index (χ1n) is 8.90. The number of esters is 1. The van der Waals surface area contributed by atoms with Gasteiger partial charge >= 0.3 is 5.97 Å². The topological polar surface area (TPSA) is 65.0 Å². The number of nitrogens with zero attached hydrogens (tertiary/aromatic N) is 1. The fraction of sp³-hybridized carbons (Fsp3) is 0.381. The van der Waals surface area contributed by atoms with Gasteiger partial charge in [0.25, 0.3) is 0 Å². The molecule has 0 spiro atoms. The summed E-state index contributed by atoms with van der Waals surface area (Å²) in [7, 11) is 1.60. The van der Waals surface area contributed by atoms with Crippen molar-refractivity contribution in [3.8, 4) is 5.75 Å². The highest BCUT2D eigenvalue weighted by Gasteiger charge is 2.43. The summed E-state index contributed by atoms with van der Waals surface area (Å²) in [6, 6.07) is 5.63. The minimum atomic E-state index is -0.633. The largest absolute Gasteiger partial charge is 0.496 e. The fourth-order valence-electron chi connectivity index (χ4n) is 3.78. The van der Waals surface area contributed by atoms with Gasteiger partial charge in [0.2, 0.25) is 0 Å². The third kappa shape index (κ3) is 3.76. The predicted molar refractivity (Wildman–Crippen MR) is 107 cm³/mol. The molecule has 1 aromatic carbocycles. The molecule has 0 saturated heterocycles. The first kappa shape index (κ1) is 19.5. The van der Waals surface area contributed by atoms with Gasteiger partial charge in [-0.3, -0.25) is 14.6 Å². The van der Waals surface area contributed by atoms with E-state index < -0.39 is 17.8 Å². The molecule has 1 aromatic rings. The van der Waals surface area contributed by atoms with Crippen LogP contribution in [0, 0.1) is 5.92 Å². The maximum absolute atomic E-state index is 12.8. The summed E-state index contributed by atoms with van der Waals surface area (Å²) in [6.07, 6.45) is 3.55. The number of carbonyl (C=O) groups is 2. The molecule has 2 atom stereocenters. The predicted octanol–water partition coefficient (Wildman–Crippen LogP) is 4.37. The Kier molecular flexibility index (Phi) is 5.95. The zero-order valence-electron chi connectivity index (χ0n) is 15.5. The average molecular weight is 432 g/mol. The molecule has 1 unspecified atom stereocenters. The van der Waals surface area contributed by atoms with Crippen LogP contribution in [0.4, 0.5) is 0 Å². The van der Waals surface area contributed by atoms with Gasteiger partial charge in [-0.05, 0) is 53.4 Å². The van der Waals surface area contributed by atoms with Crippen LogP contribution in [0.1, 0.15) is 37.7 Å². The van der Waals surface area contributed by atoms with Crippen molar-refractivity contribution >= 4 is 33.4 Å². The summed E-state index contributed by atoms with van der Waals surface area (Å²) in [6.45, 7) is 5.55. The van der Waals surface area contributed by atoms with Crippen LogP contribution in [-0.4, -0.2) is 31.2 Å². The number of carbonyl (C=O) groups excluding carboxylic acids is 2. The van der Waals surface area contributed by atoms with E-state index in [1.54, 1.807) is 7.11 Å². The van der Waals surface area contributed by atoms with E-state index in [0.29, 0.717) is 23.5 Å². The summed E-state index contributed by atoms with van der Waals surface area (Å²) in [5.74, 6) is -0.685. The van der Waals surface area contributed by atoms with Gasteiger partial charge in [-0.1, -0.05) is 18.7 Å². The van der Waals surface area contributed by atoms with Gasteiger partial charge in [0.15, 0.2) is 5.78 Å². The van der Waals surface area contributed by atoms with Gasteiger partial charge in [0.05, 0.1) is 11.6 Å². The molecule has 3 rings (SSSR count). The van der Waals surface area contributed by atoms with Crippen molar-refractivity contribution in [2.75, 3.05) is 13.7 Å². The summed E-state index contributed by atoms with van der Waals surface area (Å²) in [5, 5.41) is 0. The lowest BCUT2D eigenvalue weighted by atomic mass is 9.72. The lowest BCUT2D eigenvalue weighted by Gasteiger charge is -2.34. The third-order valence-corrected chi connectivity index (χ3v) is 5.59. The van der Waals surface area contributed by atoms with E-state index in [4.69, 9.17) is 9.47 Å². The summed E-state index contributed by atoms with van der Waals surface area (Å²) >= 11 is 3.51. The molecule has 2 aliphatic rings. The Bertz CT molecular complexity index is 856. The van der Waals surface area contributed by atoms with Gasteiger partial charge < -0.3 is 9.47 Å². The van der Waals surface area contributed by atoms with E-state index in [2.05, 4.69) is 27.5 Å². The van der Waals surface area contributed by atoms with Crippen molar-refractivity contribution in [2.45, 2.75) is 32.1 Å². The van der Waals surface area contributed by atoms with Crippen molar-refractivity contribution in [3.63, 3.8) is 0 Å². The van der Waals surface area contributed by atoms with Gasteiger partial charge in [-0.25, -0.2) is 0 Å². The number of halogens is 1. The number of methoxy groups -OCH3 is 1. The highest BCUT2D eigenvalue weighted by atomic mass is 79.9. The van der Waals surface area contributed by atoms with Crippen LogP contribution in [0.3, 0.4) is 0 Å². The second-order valence-electron chi connectivity index (χ2n) is 6.66. The van der Waals surface area contributed by atoms with E-state index in [1.807, 2.05) is 25.1 Å². The van der Waals surface area contributed by atoms with Crippen LogP contribution in [-0.2, 0) is 14.3 Å². The molecule has 1 aliphatic carbocycles. The minimum Gasteiger partial charge on any atom is -0.496 e. The lowest BCUT2D eigenvalue weighted by molar-refractivity contribution is -0.145. The molecule has 0 aromatic heterocycles. The Morgan fingerprint density at radius 2 is 2.19 bits per heavy atom. The van der Waals surface area contributed by atoms with E-state index >= 15 is 0 Å². The molecule has 1 heterocycles. The monoisotopic (exact) mass is 431 g/mol. The Morgan fingerprint density at radius 3 is 2.85 bits per heavy atom. The lowest BCUT2D eigenvalue weighted by Crippen LogP contribution is -2.37. The normalized spacial score (nSPS) is 22.0. The fourth-order valence-corrected chi connectivity index (χ4v) is 4.34. The molecular formula is C21H22BrNO4. The van der Waals surface area contributed by atoms with E-state index in [0.717, 1.165) is 28.6 Å². The van der Waals surface area contributed by atoms with Gasteiger partial charge in [-0.2, -0.15) is 0 Å². The van der Waals surface area contributed by atoms with Crippen LogP contribution in [0.15, 0.2) is 51.6 Å². The Hall–Kier alpha value is -2.21. The number of hydrogen-bond donors (Lipinski definition) is 0. The number of ether oxygens (including phenoxy) is 2. The van der Waals surface area contributed by atoms with Crippen LogP contribution < -0.4 is 4.74 Å². The quantitative estimate of drug-likeness (QED) is 0.512. The highest BCUT2D eigenvalue weighted by Crippen LogP contribution is 2.44. The second kappa shape index (κ2) is 8.21. The minimum absolute atomic E-state index is 0.0611. The number of aliphatic imine (C=N–C) groups is 1. The van der Waals surface area contributed by atoms with E-state index in [9.17, 15) is 9.59 Å². The average Bonchev–Trinajstić information content (AvgIpc) is 2.65. The first-order valence-corrected chi connectivity index (χ1v) is 9.69. The molecule has 27 heavy (non-hydrogen) atoms. The van der Waals surface area contributed by atoms with Crippen molar-refractivity contribution in [3.05, 3.63) is 52.2 Å². The maximum Gasteiger partial charge on any atom is 0.315 e. The Morgan fingerprint density at radius 1 is 1.41 bits per heavy atom. The molecule has 0 fully saturated rings. The summed E-state index contributed by atoms with van der Waals surface area (Å²) in [5.41, 5.74) is 2.98. The molecule has 0 bridgehead atoms. The smallest absolute Gasteiger partial charge is 0.315 e. The number of hydrogen-bond acceptors (Lipinski definition) is 5. The number of rotatable bonds is 5. The van der Waals surface area contributed by atoms with Crippen LogP contribution in [0.5, 0.6) is 5.75 Å². The molecule has 5 nitrogen and oxygen atoms in total. The SMILES string of the molecule is C=CCOC(=O)C1C(C)=NC2=C(C(=O)CCC2)[C@H]1c1ccc(OC)c(Br)c1. The molecule has 0 N–H and O–H groups in total. The molecule has 6 heteroatoms. The van der Waals surface area contributed by atoms with Crippen molar-refractivity contribution in [1.82, 2.24) is 0 Å². The van der Waals surface area contributed by atoms with Gasteiger partial charge in [-0.15, -0.1) is 0 Å². The van der Waals surface area contributed by atoms with Gasteiger partial charge in [0.1, 0.15) is 18.3 Å². The number of benzene rings is 1. The number of Topliss-reactive ketones (excluding diaryl/α,β-unsaturated/α-hetero) is 1. The molecule has 1 aliphatic heterocycles. The molecule has 0 saturated carbocycles. The molecular weight excluding hydrogens is 410 g/mol. The Balaban J connectivity index is 2.12. The van der Waals surface area contributed by atoms with Crippen LogP contribution >= 0.6 is 15.9 Å². The van der Waals surface area contributed by atoms with Crippen molar-refractivity contribution in [2.24, 2.45) is 10.9 Å². The van der Waals surface area contributed by atoms with Crippen molar-refractivity contribution < 1.29 is 19.1 Å². The maximum atomic E-state index is 12.8. The zero-order chi connectivity index (χ0) is 19.6.